The number of nitrogens with one attached hydrogen (secondary N) is 3. The van der Waals surface area contributed by atoms with Crippen molar-refractivity contribution in [2.45, 2.75) is 40.7 Å². The Balaban J connectivity index is 2.19. The fourth-order valence-electron chi connectivity index (χ4n) is 2.93. The molecule has 0 aliphatic carbocycles. The third-order valence-electron chi connectivity index (χ3n) is 4.20. The molecule has 3 N–H and O–H groups in total. The maximum Gasteiger partial charge on any atom is 0.340 e. The number of benzene rings is 1. The number of ether oxygens (including phenoxy) is 1. The van der Waals surface area contributed by atoms with E-state index in [4.69, 9.17) is 4.74 Å². The number of amides is 2. The molecule has 0 aliphatic rings. The van der Waals surface area contributed by atoms with Gasteiger partial charge in [0.1, 0.15) is 5.69 Å². The molecule has 0 spiro atoms. The monoisotopic (exact) mass is 371 g/mol. The average Bonchev–Trinajstić information content (AvgIpc) is 2.89. The minimum Gasteiger partial charge on any atom is -0.462 e. The first-order valence-corrected chi connectivity index (χ1v) is 8.79. The highest BCUT2D eigenvalue weighted by molar-refractivity contribution is 6.00. The minimum absolute atomic E-state index is 0.159. The summed E-state index contributed by atoms with van der Waals surface area (Å²) in [6, 6.07) is 6.98. The van der Waals surface area contributed by atoms with Crippen molar-refractivity contribution in [3.05, 3.63) is 52.3 Å². The Kier molecular flexibility index (Phi) is 6.39. The highest BCUT2D eigenvalue weighted by atomic mass is 16.5. The Hall–Kier alpha value is -3.09. The molecule has 1 aromatic heterocycles. The second-order valence-electron chi connectivity index (χ2n) is 6.35. The summed E-state index contributed by atoms with van der Waals surface area (Å²) < 4.78 is 5.05. The van der Waals surface area contributed by atoms with E-state index in [9.17, 15) is 14.4 Å². The lowest BCUT2D eigenvalue weighted by Crippen LogP contribution is -2.27. The van der Waals surface area contributed by atoms with Gasteiger partial charge in [-0.15, -0.1) is 0 Å². The topological polar surface area (TPSA) is 100 Å². The molecule has 144 valence electrons. The zero-order valence-corrected chi connectivity index (χ0v) is 16.2. The first kappa shape index (κ1) is 20.2. The molecule has 2 rings (SSSR count). The lowest BCUT2D eigenvalue weighted by molar-refractivity contribution is -0.114. The van der Waals surface area contributed by atoms with Gasteiger partial charge in [0.15, 0.2) is 0 Å². The highest BCUT2D eigenvalue weighted by Gasteiger charge is 2.23. The molecule has 7 heteroatoms. The number of carbonyl (C=O) groups is 3. The zero-order valence-electron chi connectivity index (χ0n) is 16.2. The second-order valence-corrected chi connectivity index (χ2v) is 6.35. The Morgan fingerprint density at radius 2 is 1.93 bits per heavy atom. The molecule has 2 aromatic rings. The molecule has 2 amide bonds. The van der Waals surface area contributed by atoms with E-state index in [0.717, 1.165) is 5.56 Å². The van der Waals surface area contributed by atoms with E-state index in [1.165, 1.54) is 6.92 Å². The molecule has 0 fully saturated rings. The van der Waals surface area contributed by atoms with Gasteiger partial charge in [-0.3, -0.25) is 9.59 Å². The van der Waals surface area contributed by atoms with E-state index in [-0.39, 0.29) is 24.5 Å². The normalized spacial score (nSPS) is 11.6. The van der Waals surface area contributed by atoms with Crippen molar-refractivity contribution in [2.75, 3.05) is 11.9 Å². The number of aryl methyl sites for hydroxylation is 1. The van der Waals surface area contributed by atoms with Gasteiger partial charge in [0.05, 0.1) is 18.2 Å². The molecule has 1 heterocycles. The summed E-state index contributed by atoms with van der Waals surface area (Å²) in [6.45, 7) is 8.74. The van der Waals surface area contributed by atoms with Gasteiger partial charge in [-0.2, -0.15) is 0 Å². The van der Waals surface area contributed by atoms with Gasteiger partial charge in [-0.1, -0.05) is 12.1 Å². The van der Waals surface area contributed by atoms with E-state index in [0.29, 0.717) is 28.2 Å². The molecule has 1 aromatic carbocycles. The quantitative estimate of drug-likeness (QED) is 0.679. The molecular weight excluding hydrogens is 346 g/mol. The largest absolute Gasteiger partial charge is 0.462 e. The fourth-order valence-corrected chi connectivity index (χ4v) is 2.93. The van der Waals surface area contributed by atoms with Gasteiger partial charge in [-0.05, 0) is 51.0 Å². The van der Waals surface area contributed by atoms with Crippen LogP contribution in [0, 0.1) is 13.8 Å². The number of esters is 1. The number of rotatable bonds is 6. The van der Waals surface area contributed by atoms with Crippen LogP contribution in [0.15, 0.2) is 24.3 Å². The van der Waals surface area contributed by atoms with Crippen LogP contribution in [-0.2, 0) is 9.53 Å². The van der Waals surface area contributed by atoms with Crippen LogP contribution in [0.2, 0.25) is 0 Å². The molecular formula is C20H25N3O4. The number of hydrogen-bond acceptors (Lipinski definition) is 4. The standard InChI is InChI=1S/C20H25N3O4/c1-6-27-20(26)17-11(2)18(21-13(17)4)19(25)22-12(3)15-8-7-9-16(10-15)23-14(5)24/h7-10,12,21H,6H2,1-5H3,(H,22,25)(H,23,24)/t12-/m0/s1. The van der Waals surface area contributed by atoms with Crippen molar-refractivity contribution in [2.24, 2.45) is 0 Å². The number of H-pyrrole nitrogens is 1. The van der Waals surface area contributed by atoms with Gasteiger partial charge in [-0.25, -0.2) is 4.79 Å². The van der Waals surface area contributed by atoms with E-state index >= 15 is 0 Å². The molecule has 0 aliphatic heterocycles. The highest BCUT2D eigenvalue weighted by Crippen LogP contribution is 2.21. The lowest BCUT2D eigenvalue weighted by atomic mass is 10.1. The Morgan fingerprint density at radius 1 is 1.22 bits per heavy atom. The maximum absolute atomic E-state index is 12.7. The van der Waals surface area contributed by atoms with Crippen LogP contribution < -0.4 is 10.6 Å². The fraction of sp³-hybridized carbons (Fsp3) is 0.350. The van der Waals surface area contributed by atoms with Crippen molar-refractivity contribution in [1.82, 2.24) is 10.3 Å². The predicted octanol–water partition coefficient (Wildman–Crippen LogP) is 3.26. The summed E-state index contributed by atoms with van der Waals surface area (Å²) in [5.41, 5.74) is 3.39. The van der Waals surface area contributed by atoms with E-state index in [1.54, 1.807) is 26.8 Å². The van der Waals surface area contributed by atoms with E-state index in [2.05, 4.69) is 15.6 Å². The van der Waals surface area contributed by atoms with Crippen LogP contribution >= 0.6 is 0 Å². The third kappa shape index (κ3) is 4.75. The summed E-state index contributed by atoms with van der Waals surface area (Å²) in [5, 5.41) is 5.63. The molecule has 0 unspecified atom stereocenters. The summed E-state index contributed by atoms with van der Waals surface area (Å²) in [7, 11) is 0. The van der Waals surface area contributed by atoms with Crippen molar-refractivity contribution < 1.29 is 19.1 Å². The number of hydrogen-bond donors (Lipinski definition) is 3. The maximum atomic E-state index is 12.7. The van der Waals surface area contributed by atoms with Gasteiger partial charge in [0.2, 0.25) is 5.91 Å². The van der Waals surface area contributed by atoms with Crippen LogP contribution in [0.1, 0.15) is 64.5 Å². The SMILES string of the molecule is CCOC(=O)c1c(C)[nH]c(C(=O)N[C@@H](C)c2cccc(NC(C)=O)c2)c1C. The van der Waals surface area contributed by atoms with Crippen molar-refractivity contribution in [1.29, 1.82) is 0 Å². The summed E-state index contributed by atoms with van der Waals surface area (Å²) in [5.74, 6) is -0.921. The van der Waals surface area contributed by atoms with Crippen LogP contribution in [-0.4, -0.2) is 29.4 Å². The second kappa shape index (κ2) is 8.53. The Morgan fingerprint density at radius 3 is 2.56 bits per heavy atom. The van der Waals surface area contributed by atoms with Crippen LogP contribution in [0.5, 0.6) is 0 Å². The van der Waals surface area contributed by atoms with Gasteiger partial charge in [0.25, 0.3) is 5.91 Å². The smallest absolute Gasteiger partial charge is 0.340 e. The first-order chi connectivity index (χ1) is 12.7. The summed E-state index contributed by atoms with van der Waals surface area (Å²) in [4.78, 5) is 39.0. The van der Waals surface area contributed by atoms with Crippen LogP contribution in [0.3, 0.4) is 0 Å². The van der Waals surface area contributed by atoms with Gasteiger partial charge >= 0.3 is 5.97 Å². The van der Waals surface area contributed by atoms with Crippen molar-refractivity contribution >= 4 is 23.5 Å². The van der Waals surface area contributed by atoms with E-state index < -0.39 is 5.97 Å². The summed E-state index contributed by atoms with van der Waals surface area (Å²) in [6.07, 6.45) is 0. The Bertz CT molecular complexity index is 870. The van der Waals surface area contributed by atoms with Crippen molar-refractivity contribution in [3.63, 3.8) is 0 Å². The van der Waals surface area contributed by atoms with Crippen molar-refractivity contribution in [3.8, 4) is 0 Å². The number of aromatic amines is 1. The molecule has 1 atom stereocenters. The van der Waals surface area contributed by atoms with Crippen LogP contribution in [0.25, 0.3) is 0 Å². The first-order valence-electron chi connectivity index (χ1n) is 8.79. The number of anilines is 1. The number of carbonyl (C=O) groups excluding carboxylic acids is 3. The molecule has 0 saturated carbocycles. The molecule has 0 bridgehead atoms. The molecule has 0 saturated heterocycles. The average molecular weight is 371 g/mol. The zero-order chi connectivity index (χ0) is 20.1. The Labute approximate surface area is 158 Å². The summed E-state index contributed by atoms with van der Waals surface area (Å²) >= 11 is 0. The third-order valence-corrected chi connectivity index (χ3v) is 4.20. The van der Waals surface area contributed by atoms with Gasteiger partial charge < -0.3 is 20.4 Å². The predicted molar refractivity (Wildman–Crippen MR) is 103 cm³/mol. The molecule has 0 radical (unpaired) electrons. The molecule has 27 heavy (non-hydrogen) atoms. The van der Waals surface area contributed by atoms with E-state index in [1.807, 2.05) is 25.1 Å². The minimum atomic E-state index is -0.446. The van der Waals surface area contributed by atoms with Gasteiger partial charge in [0, 0.05) is 18.3 Å². The van der Waals surface area contributed by atoms with Crippen LogP contribution in [0.4, 0.5) is 5.69 Å². The lowest BCUT2D eigenvalue weighted by Gasteiger charge is -2.15. The number of aromatic nitrogens is 1. The molecule has 7 nitrogen and oxygen atoms in total.